The van der Waals surface area contributed by atoms with Crippen LogP contribution >= 0.6 is 0 Å². The molecule has 0 aliphatic rings. The molecule has 0 saturated heterocycles. The molecule has 0 radical (unpaired) electrons. The summed E-state index contributed by atoms with van der Waals surface area (Å²) in [6.45, 7) is -0.0556. The van der Waals surface area contributed by atoms with Gasteiger partial charge in [0.05, 0.1) is 17.7 Å². The van der Waals surface area contributed by atoms with Crippen LogP contribution in [-0.4, -0.2) is 34.1 Å². The van der Waals surface area contributed by atoms with E-state index in [1.165, 1.54) is 4.90 Å². The fourth-order valence-corrected chi connectivity index (χ4v) is 0.963. The van der Waals surface area contributed by atoms with Crippen LogP contribution in [0.15, 0.2) is 12.4 Å². The number of aromatic nitrogens is 2. The zero-order valence-electron chi connectivity index (χ0n) is 8.16. The quantitative estimate of drug-likeness (QED) is 0.707. The van der Waals surface area contributed by atoms with Crippen molar-refractivity contribution in [2.75, 3.05) is 18.0 Å². The van der Waals surface area contributed by atoms with Crippen LogP contribution in [0, 0.1) is 22.7 Å². The average molecular weight is 217 g/mol. The van der Waals surface area contributed by atoms with Gasteiger partial charge in [0.2, 0.25) is 5.95 Å². The summed E-state index contributed by atoms with van der Waals surface area (Å²) >= 11 is 0. The van der Waals surface area contributed by atoms with Crippen molar-refractivity contribution in [1.82, 2.24) is 9.97 Å². The van der Waals surface area contributed by atoms with Crippen molar-refractivity contribution in [3.8, 4) is 12.1 Å². The van der Waals surface area contributed by atoms with E-state index in [1.54, 1.807) is 0 Å². The number of carboxylic acids is 1. The number of hydrogen-bond acceptors (Lipinski definition) is 6. The van der Waals surface area contributed by atoms with Gasteiger partial charge >= 0.3 is 5.97 Å². The Labute approximate surface area is 91.2 Å². The summed E-state index contributed by atoms with van der Waals surface area (Å²) in [7, 11) is 0. The third-order valence-corrected chi connectivity index (χ3v) is 1.69. The van der Waals surface area contributed by atoms with Crippen molar-refractivity contribution in [2.45, 2.75) is 0 Å². The van der Waals surface area contributed by atoms with E-state index in [4.69, 9.17) is 15.6 Å². The van der Waals surface area contributed by atoms with Gasteiger partial charge in [0.15, 0.2) is 0 Å². The molecular formula is C9H7N5O2. The van der Waals surface area contributed by atoms with E-state index in [9.17, 15) is 4.79 Å². The highest BCUT2D eigenvalue weighted by atomic mass is 16.4. The Morgan fingerprint density at radius 1 is 1.31 bits per heavy atom. The Morgan fingerprint density at radius 3 is 2.19 bits per heavy atom. The molecule has 7 heteroatoms. The van der Waals surface area contributed by atoms with Gasteiger partial charge in [0, 0.05) is 12.4 Å². The first kappa shape index (κ1) is 11.4. The highest BCUT2D eigenvalue weighted by Gasteiger charge is 2.10. The summed E-state index contributed by atoms with van der Waals surface area (Å²) in [5.41, 5.74) is -0.0439. The molecule has 1 rings (SSSR count). The second-order valence-corrected chi connectivity index (χ2v) is 2.75. The number of carbonyl (C=O) groups is 1. The van der Waals surface area contributed by atoms with Crippen LogP contribution in [0.1, 0.15) is 10.4 Å². The largest absolute Gasteiger partial charge is 0.478 e. The Morgan fingerprint density at radius 2 is 1.81 bits per heavy atom. The summed E-state index contributed by atoms with van der Waals surface area (Å²) in [5.74, 6) is -0.966. The lowest BCUT2D eigenvalue weighted by Crippen LogP contribution is -2.26. The number of anilines is 1. The van der Waals surface area contributed by atoms with Gasteiger partial charge in [-0.05, 0) is 0 Å². The van der Waals surface area contributed by atoms with Crippen LogP contribution in [0.2, 0.25) is 0 Å². The molecule has 7 nitrogen and oxygen atoms in total. The van der Waals surface area contributed by atoms with Crippen LogP contribution in [0.25, 0.3) is 0 Å². The normalized spacial score (nSPS) is 8.88. The monoisotopic (exact) mass is 217 g/mol. The van der Waals surface area contributed by atoms with Gasteiger partial charge in [-0.2, -0.15) is 10.5 Å². The van der Waals surface area contributed by atoms with Crippen molar-refractivity contribution in [1.29, 1.82) is 10.5 Å². The third kappa shape index (κ3) is 2.66. The first-order valence-corrected chi connectivity index (χ1v) is 4.23. The van der Waals surface area contributed by atoms with Gasteiger partial charge in [0.1, 0.15) is 13.1 Å². The third-order valence-electron chi connectivity index (χ3n) is 1.69. The molecule has 0 saturated carbocycles. The number of hydrogen-bond donors (Lipinski definition) is 1. The van der Waals surface area contributed by atoms with E-state index in [0.717, 1.165) is 12.4 Å². The number of nitrogens with zero attached hydrogens (tertiary/aromatic N) is 5. The molecule has 0 amide bonds. The summed E-state index contributed by atoms with van der Waals surface area (Å²) in [5, 5.41) is 25.7. The molecule has 0 bridgehead atoms. The van der Waals surface area contributed by atoms with Gasteiger partial charge in [-0.25, -0.2) is 14.8 Å². The molecule has 0 fully saturated rings. The first-order valence-electron chi connectivity index (χ1n) is 4.23. The van der Waals surface area contributed by atoms with E-state index in [1.807, 2.05) is 12.1 Å². The first-order chi connectivity index (χ1) is 7.69. The predicted molar refractivity (Wildman–Crippen MR) is 52.4 cm³/mol. The molecule has 0 aliphatic carbocycles. The molecule has 16 heavy (non-hydrogen) atoms. The molecule has 1 heterocycles. The number of carboxylic acid groups (broad SMARTS) is 1. The van der Waals surface area contributed by atoms with Crippen molar-refractivity contribution < 1.29 is 9.90 Å². The zero-order chi connectivity index (χ0) is 12.0. The lowest BCUT2D eigenvalue weighted by atomic mass is 10.3. The van der Waals surface area contributed by atoms with Crippen LogP contribution < -0.4 is 4.90 Å². The van der Waals surface area contributed by atoms with Crippen LogP contribution in [0.4, 0.5) is 5.95 Å². The topological polar surface area (TPSA) is 114 Å². The Hall–Kier alpha value is -2.67. The Bertz CT molecular complexity index is 440. The molecule has 1 aromatic rings. The molecule has 0 spiro atoms. The van der Waals surface area contributed by atoms with E-state index >= 15 is 0 Å². The molecule has 0 aliphatic heterocycles. The minimum atomic E-state index is -1.13. The maximum Gasteiger partial charge on any atom is 0.338 e. The lowest BCUT2D eigenvalue weighted by molar-refractivity contribution is 0.0696. The summed E-state index contributed by atoms with van der Waals surface area (Å²) in [6.07, 6.45) is 2.26. The number of rotatable bonds is 4. The average Bonchev–Trinajstić information content (AvgIpc) is 2.29. The molecule has 0 aromatic carbocycles. The van der Waals surface area contributed by atoms with Gasteiger partial charge < -0.3 is 10.0 Å². The van der Waals surface area contributed by atoms with Crippen LogP contribution in [0.3, 0.4) is 0 Å². The molecule has 1 N–H and O–H groups in total. The fourth-order valence-electron chi connectivity index (χ4n) is 0.963. The summed E-state index contributed by atoms with van der Waals surface area (Å²) in [6, 6.07) is 3.73. The predicted octanol–water partition coefficient (Wildman–Crippen LogP) is 0.0284. The summed E-state index contributed by atoms with van der Waals surface area (Å²) in [4.78, 5) is 19.4. The zero-order valence-corrected chi connectivity index (χ0v) is 8.16. The lowest BCUT2D eigenvalue weighted by Gasteiger charge is -2.14. The molecule has 0 atom stereocenters. The van der Waals surface area contributed by atoms with E-state index in [0.29, 0.717) is 0 Å². The minimum Gasteiger partial charge on any atom is -0.478 e. The number of aromatic carboxylic acids is 1. The van der Waals surface area contributed by atoms with Gasteiger partial charge in [-0.1, -0.05) is 0 Å². The summed E-state index contributed by atoms with van der Waals surface area (Å²) < 4.78 is 0. The second-order valence-electron chi connectivity index (χ2n) is 2.75. The van der Waals surface area contributed by atoms with Crippen LogP contribution in [-0.2, 0) is 0 Å². The van der Waals surface area contributed by atoms with Crippen LogP contribution in [0.5, 0.6) is 0 Å². The molecule has 0 unspecified atom stereocenters. The highest BCUT2D eigenvalue weighted by molar-refractivity contribution is 5.86. The maximum atomic E-state index is 10.5. The Kier molecular flexibility index (Phi) is 3.76. The smallest absolute Gasteiger partial charge is 0.338 e. The molecular weight excluding hydrogens is 210 g/mol. The van der Waals surface area contributed by atoms with E-state index in [-0.39, 0.29) is 24.6 Å². The van der Waals surface area contributed by atoms with Gasteiger partial charge in [-0.15, -0.1) is 0 Å². The van der Waals surface area contributed by atoms with Crippen molar-refractivity contribution in [3.63, 3.8) is 0 Å². The van der Waals surface area contributed by atoms with Gasteiger partial charge in [-0.3, -0.25) is 0 Å². The van der Waals surface area contributed by atoms with Crippen molar-refractivity contribution in [2.24, 2.45) is 0 Å². The van der Waals surface area contributed by atoms with Crippen molar-refractivity contribution in [3.05, 3.63) is 18.0 Å². The number of nitriles is 2. The molecule has 80 valence electrons. The second kappa shape index (κ2) is 5.27. The highest BCUT2D eigenvalue weighted by Crippen LogP contribution is 2.06. The standard InChI is InChI=1S/C9H7N5O2/c10-1-3-14(4-2-11)9-12-5-7(6-13-9)8(15)16/h5-6H,3-4H2,(H,15,16). The minimum absolute atomic E-state index is 0.0278. The SMILES string of the molecule is N#CCN(CC#N)c1ncc(C(=O)O)cn1. The molecule has 1 aromatic heterocycles. The fraction of sp³-hybridized carbons (Fsp3) is 0.222. The van der Waals surface area contributed by atoms with Crippen molar-refractivity contribution >= 4 is 11.9 Å². The van der Waals surface area contributed by atoms with Gasteiger partial charge in [0.25, 0.3) is 0 Å². The van der Waals surface area contributed by atoms with E-state index in [2.05, 4.69) is 9.97 Å². The maximum absolute atomic E-state index is 10.5. The van der Waals surface area contributed by atoms with E-state index < -0.39 is 5.97 Å². The Balaban J connectivity index is 2.91.